The predicted molar refractivity (Wildman–Crippen MR) is 109 cm³/mol. The molecule has 0 bridgehead atoms. The average Bonchev–Trinajstić information content (AvgIpc) is 3.02. The first-order valence-electron chi connectivity index (χ1n) is 9.83. The van der Waals surface area contributed by atoms with Gasteiger partial charge in [-0.15, -0.1) is 0 Å². The summed E-state index contributed by atoms with van der Waals surface area (Å²) < 4.78 is 21.7. The van der Waals surface area contributed by atoms with Gasteiger partial charge in [0.1, 0.15) is 5.69 Å². The highest BCUT2D eigenvalue weighted by Gasteiger charge is 2.14. The molecule has 2 aromatic rings. The van der Waals surface area contributed by atoms with Gasteiger partial charge in [-0.05, 0) is 45.2 Å². The van der Waals surface area contributed by atoms with Crippen molar-refractivity contribution < 1.29 is 13.9 Å². The largest absolute Gasteiger partial charge is 0.491 e. The van der Waals surface area contributed by atoms with Crippen molar-refractivity contribution in [1.82, 2.24) is 15.1 Å². The van der Waals surface area contributed by atoms with E-state index in [9.17, 15) is 9.18 Å². The summed E-state index contributed by atoms with van der Waals surface area (Å²) in [6, 6.07) is 6.71. The monoisotopic (exact) mass is 387 g/mol. The average molecular weight is 387 g/mol. The van der Waals surface area contributed by atoms with Crippen LogP contribution < -0.4 is 10.1 Å². The van der Waals surface area contributed by atoms with E-state index in [1.165, 1.54) is 11.1 Å². The fourth-order valence-corrected chi connectivity index (χ4v) is 2.96. The Morgan fingerprint density at radius 1 is 1.29 bits per heavy atom. The highest BCUT2D eigenvalue weighted by molar-refractivity contribution is 5.92. The standard InChI is InChI=1S/C22H30FN3O2/c1-4-5-6-7-8-9-10-14-28-20-13-11-12-18(21(20)23)16-24-22(27)19-15-17(2)25-26(19)3/h4-5,11-13,15H,6-10,14,16H2,1-3H3,(H,24,27). The molecular formula is C22H30FN3O2. The minimum Gasteiger partial charge on any atom is -0.491 e. The number of benzene rings is 1. The van der Waals surface area contributed by atoms with Gasteiger partial charge in [0.2, 0.25) is 0 Å². The quantitative estimate of drug-likeness (QED) is 0.449. The summed E-state index contributed by atoms with van der Waals surface area (Å²) >= 11 is 0. The SMILES string of the molecule is CC=CCCCCCCOc1cccc(CNC(=O)c2cc(C)nn2C)c1F. The van der Waals surface area contributed by atoms with Gasteiger partial charge in [0.15, 0.2) is 11.6 Å². The molecule has 0 aliphatic heterocycles. The summed E-state index contributed by atoms with van der Waals surface area (Å²) in [5.41, 5.74) is 1.60. The highest BCUT2D eigenvalue weighted by Crippen LogP contribution is 2.21. The van der Waals surface area contributed by atoms with Gasteiger partial charge in [0.05, 0.1) is 12.3 Å². The number of rotatable bonds is 11. The molecule has 0 spiro atoms. The first-order chi connectivity index (χ1) is 13.5. The van der Waals surface area contributed by atoms with Crippen LogP contribution in [0.1, 0.15) is 60.8 Å². The fraction of sp³-hybridized carbons (Fsp3) is 0.455. The lowest BCUT2D eigenvalue weighted by molar-refractivity contribution is 0.0941. The third kappa shape index (κ3) is 6.51. The molecule has 0 unspecified atom stereocenters. The molecule has 1 heterocycles. The van der Waals surface area contributed by atoms with Crippen LogP contribution in [0.2, 0.25) is 0 Å². The second-order valence-corrected chi connectivity index (χ2v) is 6.83. The Labute approximate surface area is 166 Å². The number of aromatic nitrogens is 2. The molecule has 2 rings (SSSR count). The number of nitrogens with zero attached hydrogens (tertiary/aromatic N) is 2. The number of halogens is 1. The summed E-state index contributed by atoms with van der Waals surface area (Å²) in [6.45, 7) is 4.43. The van der Waals surface area contributed by atoms with Crippen molar-refractivity contribution in [2.24, 2.45) is 7.05 Å². The van der Waals surface area contributed by atoms with Gasteiger partial charge in [0.25, 0.3) is 5.91 Å². The number of aryl methyl sites for hydroxylation is 2. The second-order valence-electron chi connectivity index (χ2n) is 6.83. The third-order valence-electron chi connectivity index (χ3n) is 4.48. The molecule has 0 radical (unpaired) electrons. The summed E-state index contributed by atoms with van der Waals surface area (Å²) in [5.74, 6) is -0.471. The molecule has 0 aliphatic rings. The zero-order chi connectivity index (χ0) is 20.4. The van der Waals surface area contributed by atoms with Crippen LogP contribution in [0.4, 0.5) is 4.39 Å². The van der Waals surface area contributed by atoms with E-state index in [-0.39, 0.29) is 18.2 Å². The predicted octanol–water partition coefficient (Wildman–Crippen LogP) is 4.70. The van der Waals surface area contributed by atoms with Gasteiger partial charge < -0.3 is 10.1 Å². The van der Waals surface area contributed by atoms with E-state index in [4.69, 9.17) is 4.74 Å². The Hall–Kier alpha value is -2.63. The maximum Gasteiger partial charge on any atom is 0.269 e. The van der Waals surface area contributed by atoms with Crippen LogP contribution in [-0.4, -0.2) is 22.3 Å². The molecule has 152 valence electrons. The van der Waals surface area contributed by atoms with Crippen molar-refractivity contribution >= 4 is 5.91 Å². The smallest absolute Gasteiger partial charge is 0.269 e. The zero-order valence-corrected chi connectivity index (χ0v) is 17.0. The van der Waals surface area contributed by atoms with Crippen LogP contribution in [0.25, 0.3) is 0 Å². The van der Waals surface area contributed by atoms with Crippen molar-refractivity contribution in [2.75, 3.05) is 6.61 Å². The van der Waals surface area contributed by atoms with Gasteiger partial charge in [-0.25, -0.2) is 4.39 Å². The summed E-state index contributed by atoms with van der Waals surface area (Å²) in [5, 5.41) is 6.88. The fourth-order valence-electron chi connectivity index (χ4n) is 2.96. The van der Waals surface area contributed by atoms with Crippen LogP contribution in [0.15, 0.2) is 36.4 Å². The van der Waals surface area contributed by atoms with E-state index in [1.54, 1.807) is 31.3 Å². The first-order valence-corrected chi connectivity index (χ1v) is 9.83. The van der Waals surface area contributed by atoms with Crippen molar-refractivity contribution in [3.05, 3.63) is 59.2 Å². The molecule has 0 aliphatic carbocycles. The molecule has 0 saturated heterocycles. The Morgan fingerprint density at radius 2 is 2.07 bits per heavy atom. The zero-order valence-electron chi connectivity index (χ0n) is 17.0. The number of ether oxygens (including phenoxy) is 1. The van der Waals surface area contributed by atoms with E-state index >= 15 is 0 Å². The number of nitrogens with one attached hydrogen (secondary N) is 1. The number of carbonyl (C=O) groups excluding carboxylic acids is 1. The van der Waals surface area contributed by atoms with Gasteiger partial charge in [-0.2, -0.15) is 5.10 Å². The summed E-state index contributed by atoms with van der Waals surface area (Å²) in [4.78, 5) is 12.3. The lowest BCUT2D eigenvalue weighted by Crippen LogP contribution is -2.25. The van der Waals surface area contributed by atoms with E-state index in [0.717, 1.165) is 31.4 Å². The van der Waals surface area contributed by atoms with Crippen molar-refractivity contribution in [3.63, 3.8) is 0 Å². The minimum absolute atomic E-state index is 0.0943. The molecule has 5 nitrogen and oxygen atoms in total. The van der Waals surface area contributed by atoms with Crippen LogP contribution in [0.3, 0.4) is 0 Å². The third-order valence-corrected chi connectivity index (χ3v) is 4.48. The van der Waals surface area contributed by atoms with Crippen LogP contribution in [0, 0.1) is 12.7 Å². The normalized spacial score (nSPS) is 11.1. The lowest BCUT2D eigenvalue weighted by atomic mass is 10.1. The highest BCUT2D eigenvalue weighted by atomic mass is 19.1. The molecule has 1 aromatic heterocycles. The molecule has 0 atom stereocenters. The molecular weight excluding hydrogens is 357 g/mol. The van der Waals surface area contributed by atoms with E-state index < -0.39 is 5.82 Å². The summed E-state index contributed by atoms with van der Waals surface area (Å²) in [6.07, 6.45) is 9.64. The number of unbranched alkanes of at least 4 members (excludes halogenated alkanes) is 4. The van der Waals surface area contributed by atoms with E-state index in [0.29, 0.717) is 17.9 Å². The number of hydrogen-bond acceptors (Lipinski definition) is 3. The van der Waals surface area contributed by atoms with Gasteiger partial charge in [-0.3, -0.25) is 9.48 Å². The van der Waals surface area contributed by atoms with E-state index in [2.05, 4.69) is 22.6 Å². The topological polar surface area (TPSA) is 56.1 Å². The molecule has 0 saturated carbocycles. The maximum absolute atomic E-state index is 14.6. The van der Waals surface area contributed by atoms with Crippen LogP contribution in [-0.2, 0) is 13.6 Å². The first kappa shape index (κ1) is 21.7. The Bertz CT molecular complexity index is 799. The summed E-state index contributed by atoms with van der Waals surface area (Å²) in [7, 11) is 1.71. The Balaban J connectivity index is 1.80. The lowest BCUT2D eigenvalue weighted by Gasteiger charge is -2.11. The number of amides is 1. The van der Waals surface area contributed by atoms with Gasteiger partial charge >= 0.3 is 0 Å². The van der Waals surface area contributed by atoms with E-state index in [1.807, 2.05) is 13.8 Å². The van der Waals surface area contributed by atoms with Crippen LogP contribution >= 0.6 is 0 Å². The number of hydrogen-bond donors (Lipinski definition) is 1. The van der Waals surface area contributed by atoms with Crippen LogP contribution in [0.5, 0.6) is 5.75 Å². The second kappa shape index (κ2) is 11.3. The number of carbonyl (C=O) groups is 1. The van der Waals surface area contributed by atoms with Crippen molar-refractivity contribution in [3.8, 4) is 5.75 Å². The molecule has 1 amide bonds. The molecule has 28 heavy (non-hydrogen) atoms. The Morgan fingerprint density at radius 3 is 2.79 bits per heavy atom. The van der Waals surface area contributed by atoms with Crippen molar-refractivity contribution in [1.29, 1.82) is 0 Å². The van der Waals surface area contributed by atoms with Gasteiger partial charge in [-0.1, -0.05) is 37.1 Å². The maximum atomic E-state index is 14.6. The van der Waals surface area contributed by atoms with Gasteiger partial charge in [0, 0.05) is 19.2 Å². The molecule has 1 aromatic carbocycles. The molecule has 0 fully saturated rings. The number of allylic oxidation sites excluding steroid dienone is 2. The minimum atomic E-state index is -0.419. The van der Waals surface area contributed by atoms with Crippen molar-refractivity contribution in [2.45, 2.75) is 52.5 Å². The molecule has 6 heteroatoms. The molecule has 1 N–H and O–H groups in total. The Kier molecular flexibility index (Phi) is 8.72.